The lowest BCUT2D eigenvalue weighted by Gasteiger charge is -2.33. The van der Waals surface area contributed by atoms with Crippen molar-refractivity contribution in [2.75, 3.05) is 39.4 Å². The van der Waals surface area contributed by atoms with Gasteiger partial charge in [-0.05, 0) is 48.2 Å². The minimum absolute atomic E-state index is 0.186. The van der Waals surface area contributed by atoms with Crippen molar-refractivity contribution in [3.8, 4) is 5.75 Å². The fraction of sp³-hybridized carbons (Fsp3) is 0.417. The maximum atomic E-state index is 12.7. The van der Waals surface area contributed by atoms with Gasteiger partial charge in [-0.2, -0.15) is 4.31 Å². The van der Waals surface area contributed by atoms with Gasteiger partial charge in [0.1, 0.15) is 5.75 Å². The Morgan fingerprint density at radius 1 is 0.970 bits per heavy atom. The van der Waals surface area contributed by atoms with Crippen molar-refractivity contribution in [1.82, 2.24) is 9.21 Å². The molecule has 1 fully saturated rings. The maximum Gasteiger partial charge on any atom is 0.344 e. The van der Waals surface area contributed by atoms with Crippen LogP contribution in [-0.2, 0) is 24.3 Å². The lowest BCUT2D eigenvalue weighted by molar-refractivity contribution is -0.154. The van der Waals surface area contributed by atoms with E-state index in [0.717, 1.165) is 5.56 Å². The van der Waals surface area contributed by atoms with Crippen molar-refractivity contribution in [2.24, 2.45) is 0 Å². The number of nitrogens with zero attached hydrogens (tertiary/aromatic N) is 2. The van der Waals surface area contributed by atoms with Gasteiger partial charge in [0.25, 0.3) is 5.91 Å². The van der Waals surface area contributed by atoms with E-state index in [1.54, 1.807) is 30.3 Å². The number of ether oxygens (including phenoxy) is 2. The van der Waals surface area contributed by atoms with E-state index >= 15 is 0 Å². The minimum Gasteiger partial charge on any atom is -0.482 e. The number of rotatable bonds is 8. The Bertz CT molecular complexity index is 1080. The summed E-state index contributed by atoms with van der Waals surface area (Å²) in [7, 11) is -3.59. The summed E-state index contributed by atoms with van der Waals surface area (Å²) in [6.45, 7) is 6.36. The Kier molecular flexibility index (Phi) is 8.10. The molecule has 0 saturated carbocycles. The Morgan fingerprint density at radius 2 is 1.64 bits per heavy atom. The molecule has 2 aromatic carbocycles. The van der Waals surface area contributed by atoms with E-state index in [0.29, 0.717) is 11.7 Å². The zero-order chi connectivity index (χ0) is 24.0. The topological polar surface area (TPSA) is 93.2 Å². The highest BCUT2D eigenvalue weighted by atomic mass is 32.2. The summed E-state index contributed by atoms with van der Waals surface area (Å²) in [4.78, 5) is 26.1. The van der Waals surface area contributed by atoms with Gasteiger partial charge in [0.05, 0.1) is 4.90 Å². The Balaban J connectivity index is 1.42. The Morgan fingerprint density at radius 3 is 2.24 bits per heavy atom. The summed E-state index contributed by atoms with van der Waals surface area (Å²) in [6.07, 6.45) is 0. The molecule has 0 atom stereocenters. The van der Waals surface area contributed by atoms with Gasteiger partial charge in [0.2, 0.25) is 10.0 Å². The average Bonchev–Trinajstić information content (AvgIpc) is 2.81. The van der Waals surface area contributed by atoms with Crippen LogP contribution in [0.3, 0.4) is 0 Å². The third-order valence-corrected chi connectivity index (χ3v) is 7.46. The van der Waals surface area contributed by atoms with Crippen LogP contribution in [0.2, 0.25) is 0 Å². The molecule has 0 spiro atoms. The first-order valence-electron chi connectivity index (χ1n) is 10.9. The number of hydrogen-bond donors (Lipinski definition) is 0. The van der Waals surface area contributed by atoms with E-state index in [9.17, 15) is 18.0 Å². The molecule has 8 nitrogen and oxygen atoms in total. The van der Waals surface area contributed by atoms with Crippen molar-refractivity contribution < 1.29 is 27.5 Å². The second kappa shape index (κ2) is 10.8. The first kappa shape index (κ1) is 24.7. The number of piperazine rings is 1. The number of carbonyl (C=O) groups excluding carboxylic acids is 2. The number of esters is 1. The van der Waals surface area contributed by atoms with Crippen LogP contribution in [0.4, 0.5) is 0 Å². The summed E-state index contributed by atoms with van der Waals surface area (Å²) in [5, 5.41) is 0. The number of carbonyl (C=O) groups is 2. The average molecular weight is 475 g/mol. The van der Waals surface area contributed by atoms with Crippen molar-refractivity contribution in [1.29, 1.82) is 0 Å². The Hall–Kier alpha value is -2.91. The molecule has 2 aromatic rings. The van der Waals surface area contributed by atoms with Gasteiger partial charge in [-0.1, -0.05) is 38.1 Å². The third-order valence-electron chi connectivity index (χ3n) is 5.55. The molecule has 0 aromatic heterocycles. The second-order valence-corrected chi connectivity index (χ2v) is 10.2. The van der Waals surface area contributed by atoms with Crippen molar-refractivity contribution in [3.63, 3.8) is 0 Å². The highest BCUT2D eigenvalue weighted by molar-refractivity contribution is 7.89. The third kappa shape index (κ3) is 6.33. The Labute approximate surface area is 195 Å². The van der Waals surface area contributed by atoms with Gasteiger partial charge in [-0.25, -0.2) is 13.2 Å². The van der Waals surface area contributed by atoms with Crippen LogP contribution in [0.5, 0.6) is 5.75 Å². The molecule has 178 valence electrons. The van der Waals surface area contributed by atoms with Crippen molar-refractivity contribution >= 4 is 21.9 Å². The quantitative estimate of drug-likeness (QED) is 0.546. The maximum absolute atomic E-state index is 12.7. The highest BCUT2D eigenvalue weighted by Crippen LogP contribution is 2.23. The number of amides is 1. The van der Waals surface area contributed by atoms with E-state index in [1.165, 1.54) is 14.8 Å². The van der Waals surface area contributed by atoms with Gasteiger partial charge in [-0.15, -0.1) is 0 Å². The number of aryl methyl sites for hydroxylation is 1. The second-order valence-electron chi connectivity index (χ2n) is 8.22. The zero-order valence-electron chi connectivity index (χ0n) is 19.2. The smallest absolute Gasteiger partial charge is 0.344 e. The summed E-state index contributed by atoms with van der Waals surface area (Å²) in [6, 6.07) is 13.9. The van der Waals surface area contributed by atoms with Crippen LogP contribution in [0.15, 0.2) is 53.4 Å². The molecule has 1 amide bonds. The normalized spacial score (nSPS) is 14.8. The highest BCUT2D eigenvalue weighted by Gasteiger charge is 2.30. The van der Waals surface area contributed by atoms with E-state index in [2.05, 4.69) is 13.8 Å². The van der Waals surface area contributed by atoms with Gasteiger partial charge in [0.15, 0.2) is 13.2 Å². The zero-order valence-corrected chi connectivity index (χ0v) is 20.0. The molecule has 0 aliphatic carbocycles. The molecule has 0 radical (unpaired) electrons. The molecule has 3 rings (SSSR count). The molecule has 9 heteroatoms. The predicted octanol–water partition coefficient (Wildman–Crippen LogP) is 2.57. The van der Waals surface area contributed by atoms with E-state index < -0.39 is 22.6 Å². The molecule has 0 N–H and O–H groups in total. The first-order chi connectivity index (χ1) is 15.7. The van der Waals surface area contributed by atoms with Crippen LogP contribution in [0.1, 0.15) is 30.9 Å². The predicted molar refractivity (Wildman–Crippen MR) is 124 cm³/mol. The molecular weight excluding hydrogens is 444 g/mol. The molecule has 1 aliphatic rings. The lowest BCUT2D eigenvalue weighted by Crippen LogP contribution is -2.51. The van der Waals surface area contributed by atoms with Gasteiger partial charge >= 0.3 is 5.97 Å². The number of hydrogen-bond acceptors (Lipinski definition) is 6. The lowest BCUT2D eigenvalue weighted by atomic mass is 9.98. The molecule has 1 aliphatic heterocycles. The largest absolute Gasteiger partial charge is 0.482 e. The minimum atomic E-state index is -3.59. The van der Waals surface area contributed by atoms with E-state index in [-0.39, 0.29) is 43.6 Å². The SMILES string of the molecule is Cc1cc(OCC(=O)OCC(=O)N2CCN(S(=O)(=O)c3ccccc3)CC2)ccc1C(C)C. The van der Waals surface area contributed by atoms with Crippen LogP contribution >= 0.6 is 0 Å². The summed E-state index contributed by atoms with van der Waals surface area (Å²) < 4.78 is 37.2. The monoisotopic (exact) mass is 474 g/mol. The number of benzene rings is 2. The van der Waals surface area contributed by atoms with Gasteiger partial charge in [-0.3, -0.25) is 4.79 Å². The molecule has 0 bridgehead atoms. The standard InChI is InChI=1S/C24H30N2O6S/c1-18(2)22-10-9-20(15-19(22)3)31-17-24(28)32-16-23(27)25-11-13-26(14-12-25)33(29,30)21-7-5-4-6-8-21/h4-10,15,18H,11-14,16-17H2,1-3H3. The molecular formula is C24H30N2O6S. The van der Waals surface area contributed by atoms with Crippen molar-refractivity contribution in [3.05, 3.63) is 59.7 Å². The van der Waals surface area contributed by atoms with E-state index in [4.69, 9.17) is 9.47 Å². The molecule has 1 saturated heterocycles. The van der Waals surface area contributed by atoms with Crippen LogP contribution < -0.4 is 4.74 Å². The van der Waals surface area contributed by atoms with Gasteiger partial charge < -0.3 is 14.4 Å². The van der Waals surface area contributed by atoms with E-state index in [1.807, 2.05) is 25.1 Å². The summed E-state index contributed by atoms with van der Waals surface area (Å²) >= 11 is 0. The number of sulfonamides is 1. The fourth-order valence-electron chi connectivity index (χ4n) is 3.72. The summed E-state index contributed by atoms with van der Waals surface area (Å²) in [5.41, 5.74) is 2.30. The first-order valence-corrected chi connectivity index (χ1v) is 12.3. The van der Waals surface area contributed by atoms with Crippen molar-refractivity contribution in [2.45, 2.75) is 31.6 Å². The van der Waals surface area contributed by atoms with Gasteiger partial charge in [0, 0.05) is 26.2 Å². The van der Waals surface area contributed by atoms with Crippen LogP contribution in [0, 0.1) is 6.92 Å². The van der Waals surface area contributed by atoms with Crippen LogP contribution in [-0.4, -0.2) is 68.9 Å². The summed E-state index contributed by atoms with van der Waals surface area (Å²) in [5.74, 6) is -0.0391. The molecule has 1 heterocycles. The molecule has 33 heavy (non-hydrogen) atoms. The molecule has 0 unspecified atom stereocenters. The fourth-order valence-corrected chi connectivity index (χ4v) is 5.17. The van der Waals surface area contributed by atoms with Crippen LogP contribution in [0.25, 0.3) is 0 Å².